The van der Waals surface area contributed by atoms with Crippen molar-refractivity contribution in [2.45, 2.75) is 37.9 Å². The quantitative estimate of drug-likeness (QED) is 0.166. The fourth-order valence-electron chi connectivity index (χ4n) is 4.76. The van der Waals surface area contributed by atoms with E-state index in [-0.39, 0.29) is 43.1 Å². The smallest absolute Gasteiger partial charge is 0.333 e. The van der Waals surface area contributed by atoms with E-state index in [0.29, 0.717) is 12.8 Å². The highest BCUT2D eigenvalue weighted by molar-refractivity contribution is 6.08. The first kappa shape index (κ1) is 17.9. The summed E-state index contributed by atoms with van der Waals surface area (Å²) in [5, 5.41) is 8.71. The Bertz CT molecular complexity index is 802. The van der Waals surface area contributed by atoms with Crippen molar-refractivity contribution in [3.8, 4) is 0 Å². The first-order chi connectivity index (χ1) is 12.7. The number of nitrogens with zero attached hydrogens (tertiary/aromatic N) is 1. The number of carbonyl (C=O) groups excluding carboxylic acids is 3. The van der Waals surface area contributed by atoms with E-state index in [2.05, 4.69) is 6.58 Å². The van der Waals surface area contributed by atoms with E-state index in [1.807, 2.05) is 12.2 Å². The molecule has 1 saturated carbocycles. The van der Waals surface area contributed by atoms with Crippen molar-refractivity contribution in [3.63, 3.8) is 0 Å². The molecule has 3 fully saturated rings. The minimum Gasteiger partial charge on any atom is -0.481 e. The number of amides is 2. The molecule has 5 atom stereocenters. The largest absolute Gasteiger partial charge is 0.481 e. The maximum absolute atomic E-state index is 13.0. The van der Waals surface area contributed by atoms with Crippen LogP contribution < -0.4 is 0 Å². The summed E-state index contributed by atoms with van der Waals surface area (Å²) in [6.07, 6.45) is 4.14. The summed E-state index contributed by atoms with van der Waals surface area (Å²) >= 11 is 0. The molecular weight excluding hydrogens is 354 g/mol. The lowest BCUT2D eigenvalue weighted by Crippen LogP contribution is -2.52. The molecule has 0 aromatic rings. The van der Waals surface area contributed by atoms with Crippen LogP contribution in [0.1, 0.15) is 26.2 Å². The zero-order valence-electron chi connectivity index (χ0n) is 15.0. The average Bonchev–Trinajstić information content (AvgIpc) is 3.28. The highest BCUT2D eigenvalue weighted by atomic mass is 16.6. The summed E-state index contributed by atoms with van der Waals surface area (Å²) in [7, 11) is 0. The summed E-state index contributed by atoms with van der Waals surface area (Å²) in [4.78, 5) is 49.5. The number of rotatable bonds is 8. The van der Waals surface area contributed by atoms with Crippen molar-refractivity contribution in [2.24, 2.45) is 17.3 Å². The molecule has 0 bridgehead atoms. The third-order valence-corrected chi connectivity index (χ3v) is 6.18. The number of imide groups is 1. The second kappa shape index (κ2) is 5.76. The van der Waals surface area contributed by atoms with E-state index < -0.39 is 34.8 Å². The summed E-state index contributed by atoms with van der Waals surface area (Å²) < 4.78 is 11.1. The monoisotopic (exact) mass is 375 g/mol. The zero-order valence-corrected chi connectivity index (χ0v) is 15.0. The van der Waals surface area contributed by atoms with Crippen molar-refractivity contribution in [3.05, 3.63) is 24.3 Å². The molecule has 1 N–H and O–H groups in total. The summed E-state index contributed by atoms with van der Waals surface area (Å²) in [5.74, 6) is -3.18. The summed E-state index contributed by atoms with van der Waals surface area (Å²) in [5.41, 5.74) is -1.23. The molecule has 0 aromatic heterocycles. The molecule has 8 nitrogen and oxygen atoms in total. The Labute approximate surface area is 155 Å². The number of epoxide rings is 1. The number of carboxylic acid groups (broad SMARTS) is 1. The predicted octanol–water partition coefficient (Wildman–Crippen LogP) is 0.669. The summed E-state index contributed by atoms with van der Waals surface area (Å²) in [6.45, 7) is 5.27. The summed E-state index contributed by atoms with van der Waals surface area (Å²) in [6, 6.07) is 0. The van der Waals surface area contributed by atoms with Crippen molar-refractivity contribution >= 4 is 23.8 Å². The molecule has 4 rings (SSSR count). The molecule has 2 heterocycles. The number of hydrogen-bond donors (Lipinski definition) is 1. The number of ether oxygens (including phenoxy) is 2. The highest BCUT2D eigenvalue weighted by Crippen LogP contribution is 2.74. The lowest BCUT2D eigenvalue weighted by atomic mass is 9.63. The van der Waals surface area contributed by atoms with Gasteiger partial charge in [-0.15, -0.1) is 0 Å². The molecule has 4 aliphatic rings. The molecule has 1 spiro atoms. The predicted molar refractivity (Wildman–Crippen MR) is 90.1 cm³/mol. The molecule has 2 saturated heterocycles. The Hall–Kier alpha value is -2.48. The zero-order chi connectivity index (χ0) is 19.6. The number of aliphatic carboxylic acids is 1. The van der Waals surface area contributed by atoms with Crippen molar-refractivity contribution in [1.29, 1.82) is 0 Å². The van der Waals surface area contributed by atoms with Gasteiger partial charge in [0.2, 0.25) is 11.8 Å². The van der Waals surface area contributed by atoms with E-state index in [1.54, 1.807) is 6.92 Å². The molecule has 144 valence electrons. The minimum absolute atomic E-state index is 0.00144. The van der Waals surface area contributed by atoms with Crippen LogP contribution in [-0.4, -0.2) is 58.6 Å². The van der Waals surface area contributed by atoms with Gasteiger partial charge < -0.3 is 14.6 Å². The van der Waals surface area contributed by atoms with E-state index in [9.17, 15) is 19.2 Å². The van der Waals surface area contributed by atoms with Gasteiger partial charge in [-0.2, -0.15) is 0 Å². The van der Waals surface area contributed by atoms with Gasteiger partial charge in [-0.05, 0) is 19.8 Å². The standard InChI is InChI=1S/C19H21NO7/c1-10(2)17(25)26-9-18-6-7-19(18)14(27-19)12-13(18)16(24)20(15(12)23)8-4-3-5-11(21)22/h6-7,12-14H,1,3-5,8-9H2,2H3,(H,21,22). The molecule has 8 heteroatoms. The number of hydrogen-bond acceptors (Lipinski definition) is 6. The number of carboxylic acids is 1. The van der Waals surface area contributed by atoms with Gasteiger partial charge in [-0.3, -0.25) is 19.3 Å². The fourth-order valence-corrected chi connectivity index (χ4v) is 4.76. The third-order valence-electron chi connectivity index (χ3n) is 6.18. The molecular formula is C19H21NO7. The van der Waals surface area contributed by atoms with Gasteiger partial charge in [0.1, 0.15) is 18.3 Å². The van der Waals surface area contributed by atoms with Crippen LogP contribution in [0.4, 0.5) is 0 Å². The lowest BCUT2D eigenvalue weighted by molar-refractivity contribution is -0.149. The molecule has 2 amide bonds. The van der Waals surface area contributed by atoms with Crippen LogP contribution in [0.15, 0.2) is 24.3 Å². The number of carbonyl (C=O) groups is 4. The minimum atomic E-state index is -0.903. The maximum Gasteiger partial charge on any atom is 0.333 e. The molecule has 2 aliphatic carbocycles. The van der Waals surface area contributed by atoms with Crippen molar-refractivity contribution in [2.75, 3.05) is 13.2 Å². The second-order valence-corrected chi connectivity index (χ2v) is 7.74. The van der Waals surface area contributed by atoms with E-state index >= 15 is 0 Å². The number of likely N-dealkylation sites (tertiary alicyclic amines) is 1. The number of esters is 1. The van der Waals surface area contributed by atoms with E-state index in [4.69, 9.17) is 14.6 Å². The second-order valence-electron chi connectivity index (χ2n) is 7.74. The Morgan fingerprint density at radius 3 is 2.63 bits per heavy atom. The fraction of sp³-hybridized carbons (Fsp3) is 0.579. The first-order valence-electron chi connectivity index (χ1n) is 9.03. The van der Waals surface area contributed by atoms with Gasteiger partial charge in [-0.25, -0.2) is 4.79 Å². The molecule has 27 heavy (non-hydrogen) atoms. The normalized spacial score (nSPS) is 37.4. The van der Waals surface area contributed by atoms with Crippen LogP contribution >= 0.6 is 0 Å². The van der Waals surface area contributed by atoms with Gasteiger partial charge in [0.05, 0.1) is 17.3 Å². The molecule has 0 radical (unpaired) electrons. The van der Waals surface area contributed by atoms with Crippen molar-refractivity contribution < 1.29 is 33.8 Å². The van der Waals surface area contributed by atoms with Crippen LogP contribution in [0, 0.1) is 17.3 Å². The maximum atomic E-state index is 13.0. The van der Waals surface area contributed by atoms with Gasteiger partial charge in [0.15, 0.2) is 0 Å². The van der Waals surface area contributed by atoms with Crippen LogP contribution in [0.25, 0.3) is 0 Å². The number of unbranched alkanes of at least 4 members (excludes halogenated alkanes) is 1. The molecule has 0 aromatic carbocycles. The third kappa shape index (κ3) is 2.25. The highest BCUT2D eigenvalue weighted by Gasteiger charge is 2.87. The van der Waals surface area contributed by atoms with E-state index in [0.717, 1.165) is 0 Å². The van der Waals surface area contributed by atoms with E-state index in [1.165, 1.54) is 4.90 Å². The Kier molecular flexibility index (Phi) is 3.82. The van der Waals surface area contributed by atoms with Gasteiger partial charge >= 0.3 is 11.9 Å². The van der Waals surface area contributed by atoms with Crippen LogP contribution in [0.3, 0.4) is 0 Å². The van der Waals surface area contributed by atoms with Gasteiger partial charge in [0.25, 0.3) is 0 Å². The topological polar surface area (TPSA) is 114 Å². The molecule has 2 aliphatic heterocycles. The lowest BCUT2D eigenvalue weighted by Gasteiger charge is -2.42. The number of fused-ring (bicyclic) bond motifs is 3. The van der Waals surface area contributed by atoms with Crippen molar-refractivity contribution in [1.82, 2.24) is 4.90 Å². The Balaban J connectivity index is 1.50. The SMILES string of the molecule is C=C(C)C(=O)OCC12C=CC13OC3C1C(=O)N(CCCCC(=O)O)C(=O)C12. The van der Waals surface area contributed by atoms with Gasteiger partial charge in [-0.1, -0.05) is 18.7 Å². The Morgan fingerprint density at radius 1 is 1.30 bits per heavy atom. The van der Waals surface area contributed by atoms with Gasteiger partial charge in [0, 0.05) is 18.5 Å². The molecule has 5 unspecified atom stereocenters. The average molecular weight is 375 g/mol. The van der Waals surface area contributed by atoms with Crippen LogP contribution in [0.5, 0.6) is 0 Å². The van der Waals surface area contributed by atoms with Crippen LogP contribution in [0.2, 0.25) is 0 Å². The van der Waals surface area contributed by atoms with Crippen LogP contribution in [-0.2, 0) is 28.7 Å². The Morgan fingerprint density at radius 2 is 2.04 bits per heavy atom. The first-order valence-corrected chi connectivity index (χ1v) is 9.03.